The topological polar surface area (TPSA) is 6.48 Å². The molecule has 0 N–H and O–H groups in total. The van der Waals surface area contributed by atoms with Crippen LogP contribution in [0.4, 0.5) is 11.4 Å². The summed E-state index contributed by atoms with van der Waals surface area (Å²) in [4.78, 5) is 4.89. The molecule has 0 unspecified atom stereocenters. The fraction of sp³-hybridized carbons (Fsp3) is 0.459. The molecule has 0 atom stereocenters. The van der Waals surface area contributed by atoms with E-state index < -0.39 is 11.9 Å². The standard InChI is InChI=1S/C21H26N2.C16H24S.2ClH.Ru/c1-14-9-16(3)20(17(4)10-14)22-7-8-23(13-22)21-18(5)11-15(2)12-19(21)6;1-3-4-5-6-7-10-13-17-14-16-12-9-8-11-15(16)2;;;/h9-12H,7-8H2,1-6H3;2,8-9,11-12H,3-7,10,13-14H2,1H3;2*1H;/q;;;;+2/p-2. The fourth-order valence-electron chi connectivity index (χ4n) is 6.49. The summed E-state index contributed by atoms with van der Waals surface area (Å²) >= 11 is -1.54. The number of rotatable bonds is 12. The predicted octanol–water partition coefficient (Wildman–Crippen LogP) is 10.9. The number of aryl methyl sites for hydroxylation is 6. The van der Waals surface area contributed by atoms with Gasteiger partial charge in [0, 0.05) is 0 Å². The van der Waals surface area contributed by atoms with E-state index in [1.165, 1.54) is 100 Å². The molecule has 0 amide bonds. The van der Waals surface area contributed by atoms with Crippen molar-refractivity contribution in [1.29, 1.82) is 0 Å². The molecule has 0 aliphatic carbocycles. The molecule has 0 aromatic heterocycles. The van der Waals surface area contributed by atoms with Crippen molar-refractivity contribution in [2.75, 3.05) is 28.6 Å². The summed E-state index contributed by atoms with van der Waals surface area (Å²) in [5.41, 5.74) is 12.6. The van der Waals surface area contributed by atoms with Crippen molar-refractivity contribution >= 4 is 51.5 Å². The summed E-state index contributed by atoms with van der Waals surface area (Å²) in [7, 11) is 15.4. The molecule has 1 fully saturated rings. The third kappa shape index (κ3) is 8.63. The number of nitrogens with zero attached hydrogens (tertiary/aromatic N) is 2. The molecule has 3 aromatic rings. The van der Waals surface area contributed by atoms with Gasteiger partial charge >= 0.3 is 271 Å². The van der Waals surface area contributed by atoms with Crippen LogP contribution in [0.25, 0.3) is 0 Å². The van der Waals surface area contributed by atoms with Crippen molar-refractivity contribution in [3.8, 4) is 0 Å². The van der Waals surface area contributed by atoms with Crippen molar-refractivity contribution in [2.45, 2.75) is 92.7 Å². The Hall–Kier alpha value is -1.45. The van der Waals surface area contributed by atoms with E-state index in [1.807, 2.05) is 11.8 Å². The van der Waals surface area contributed by atoms with Crippen molar-refractivity contribution in [1.82, 2.24) is 0 Å². The van der Waals surface area contributed by atoms with E-state index in [1.54, 1.807) is 0 Å². The number of unbranched alkanes of at least 4 members (excludes halogenated alkanes) is 5. The number of benzene rings is 3. The van der Waals surface area contributed by atoms with Gasteiger partial charge in [0.15, 0.2) is 0 Å². The monoisotopic (exact) mass is 726 g/mol. The minimum atomic E-state index is -3.57. The third-order valence-electron chi connectivity index (χ3n) is 8.19. The molecule has 0 radical (unpaired) electrons. The molecule has 1 heterocycles. The molecule has 2 nitrogen and oxygen atoms in total. The molecular weight excluding hydrogens is 676 g/mol. The Morgan fingerprint density at radius 2 is 1.21 bits per heavy atom. The van der Waals surface area contributed by atoms with Gasteiger partial charge in [0.2, 0.25) is 0 Å². The molecular formula is C37H50Cl2N2RuS. The zero-order valence-corrected chi connectivity index (χ0v) is 31.2. The Kier molecular flexibility index (Phi) is 12.6. The van der Waals surface area contributed by atoms with E-state index in [4.69, 9.17) is 19.4 Å². The van der Waals surface area contributed by atoms with Crippen LogP contribution in [0.2, 0.25) is 0 Å². The van der Waals surface area contributed by atoms with Crippen LogP contribution in [0, 0.1) is 41.5 Å². The van der Waals surface area contributed by atoms with Gasteiger partial charge in [-0.15, -0.1) is 0 Å². The Balaban J connectivity index is 1.77. The van der Waals surface area contributed by atoms with E-state index in [9.17, 15) is 0 Å². The van der Waals surface area contributed by atoms with E-state index in [0.29, 0.717) is 0 Å². The van der Waals surface area contributed by atoms with Crippen LogP contribution in [0.5, 0.6) is 0 Å². The average Bonchev–Trinajstić information content (AvgIpc) is 3.35. The van der Waals surface area contributed by atoms with Crippen molar-refractivity contribution in [3.63, 3.8) is 0 Å². The zero-order valence-electron chi connectivity index (χ0n) is 27.2. The molecule has 0 spiro atoms. The first-order valence-corrected chi connectivity index (χ1v) is 23.2. The van der Waals surface area contributed by atoms with Crippen molar-refractivity contribution < 1.29 is 11.9 Å². The second kappa shape index (κ2) is 15.7. The summed E-state index contributed by atoms with van der Waals surface area (Å²) < 4.78 is 3.33. The first-order chi connectivity index (χ1) is 20.5. The van der Waals surface area contributed by atoms with Crippen LogP contribution >= 0.6 is 31.1 Å². The molecule has 1 aliphatic rings. The maximum absolute atomic E-state index is 7.71. The van der Waals surface area contributed by atoms with Gasteiger partial charge in [0.25, 0.3) is 0 Å². The van der Waals surface area contributed by atoms with E-state index in [0.717, 1.165) is 23.2 Å². The van der Waals surface area contributed by atoms with Crippen LogP contribution in [0.1, 0.15) is 90.0 Å². The van der Waals surface area contributed by atoms with Gasteiger partial charge in [0.1, 0.15) is 0 Å². The van der Waals surface area contributed by atoms with Crippen LogP contribution in [-0.2, 0) is 17.6 Å². The summed E-state index contributed by atoms with van der Waals surface area (Å²) in [6, 6.07) is 17.8. The van der Waals surface area contributed by atoms with Crippen LogP contribution < -0.4 is 9.80 Å². The minimum absolute atomic E-state index is 0.860. The molecule has 1 saturated heterocycles. The summed E-state index contributed by atoms with van der Waals surface area (Å²) in [5.74, 6) is 2.18. The van der Waals surface area contributed by atoms with Gasteiger partial charge in [-0.25, -0.2) is 0 Å². The third-order valence-corrected chi connectivity index (χ3v) is 14.8. The molecule has 4 rings (SSSR count). The number of anilines is 2. The Labute approximate surface area is 276 Å². The van der Waals surface area contributed by atoms with Crippen molar-refractivity contribution in [3.05, 3.63) is 93.0 Å². The molecule has 0 saturated carbocycles. The molecule has 43 heavy (non-hydrogen) atoms. The predicted molar refractivity (Wildman–Crippen MR) is 194 cm³/mol. The Morgan fingerprint density at radius 3 is 1.74 bits per heavy atom. The molecule has 1 aliphatic heterocycles. The summed E-state index contributed by atoms with van der Waals surface area (Å²) in [6.07, 6.45) is 8.02. The summed E-state index contributed by atoms with van der Waals surface area (Å²) in [5, 5.41) is 0. The SMILES string of the molecule is CCCCCCCCSCc1ccccc1[CH]=[Ru]([Cl])([Cl])=[C]1N(c2c(C)cc(C)cc2C)CCN1c1c(C)cc(C)cc1C. The van der Waals surface area contributed by atoms with Gasteiger partial charge in [-0.05, 0) is 0 Å². The van der Waals surface area contributed by atoms with Gasteiger partial charge in [-0.2, -0.15) is 0 Å². The van der Waals surface area contributed by atoms with Crippen LogP contribution in [-0.4, -0.2) is 27.8 Å². The van der Waals surface area contributed by atoms with Gasteiger partial charge < -0.3 is 0 Å². The number of hydrogen-bond acceptors (Lipinski definition) is 3. The molecule has 6 heteroatoms. The van der Waals surface area contributed by atoms with Crippen molar-refractivity contribution in [2.24, 2.45) is 0 Å². The second-order valence-corrected chi connectivity index (χ2v) is 22.5. The Bertz CT molecular complexity index is 1430. The molecule has 0 bridgehead atoms. The maximum atomic E-state index is 7.71. The van der Waals surface area contributed by atoms with E-state index >= 15 is 0 Å². The zero-order chi connectivity index (χ0) is 31.1. The first kappa shape index (κ1) is 34.4. The molecule has 3 aromatic carbocycles. The van der Waals surface area contributed by atoms with Gasteiger partial charge in [0.05, 0.1) is 0 Å². The van der Waals surface area contributed by atoms with E-state index in [-0.39, 0.29) is 0 Å². The summed E-state index contributed by atoms with van der Waals surface area (Å²) in [6.45, 7) is 17.2. The second-order valence-electron chi connectivity index (χ2n) is 12.1. The van der Waals surface area contributed by atoms with Gasteiger partial charge in [-0.3, -0.25) is 0 Å². The number of halogens is 2. The number of thioether (sulfide) groups is 1. The quantitative estimate of drug-likeness (QED) is 0.136. The number of hydrogen-bond donors (Lipinski definition) is 0. The fourth-order valence-corrected chi connectivity index (χ4v) is 13.6. The van der Waals surface area contributed by atoms with Crippen LogP contribution in [0.15, 0.2) is 48.5 Å². The molecule has 236 valence electrons. The van der Waals surface area contributed by atoms with E-state index in [2.05, 4.69) is 111 Å². The average molecular weight is 727 g/mol. The first-order valence-electron chi connectivity index (χ1n) is 15.7. The Morgan fingerprint density at radius 1 is 0.721 bits per heavy atom. The normalized spacial score (nSPS) is 14.1. The van der Waals surface area contributed by atoms with Gasteiger partial charge in [-0.1, -0.05) is 6.92 Å². The van der Waals surface area contributed by atoms with Crippen LogP contribution in [0.3, 0.4) is 0 Å².